The summed E-state index contributed by atoms with van der Waals surface area (Å²) < 4.78 is 12.8. The molecule has 0 fully saturated rings. The lowest BCUT2D eigenvalue weighted by Crippen LogP contribution is -2.49. The summed E-state index contributed by atoms with van der Waals surface area (Å²) in [5.41, 5.74) is -0.0871. The number of carbonyl (C=O) groups is 2. The zero-order valence-electron chi connectivity index (χ0n) is 11.7. The third kappa shape index (κ3) is 5.26. The maximum Gasteiger partial charge on any atom is 0.315 e. The molecule has 110 valence electrons. The molecule has 0 saturated heterocycles. The van der Waals surface area contributed by atoms with Gasteiger partial charge in [0, 0.05) is 5.54 Å². The number of amides is 2. The van der Waals surface area contributed by atoms with Crippen molar-refractivity contribution in [2.24, 2.45) is 0 Å². The number of urea groups is 1. The minimum Gasteiger partial charge on any atom is -0.481 e. The van der Waals surface area contributed by atoms with Crippen LogP contribution in [0.5, 0.6) is 0 Å². The number of carbonyl (C=O) groups excluding carboxylic acids is 1. The number of aliphatic carboxylic acids is 1. The highest BCUT2D eigenvalue weighted by Crippen LogP contribution is 2.13. The summed E-state index contributed by atoms with van der Waals surface area (Å²) in [7, 11) is 0. The first kappa shape index (κ1) is 15.9. The minimum absolute atomic E-state index is 0.175. The van der Waals surface area contributed by atoms with Crippen LogP contribution in [0, 0.1) is 5.82 Å². The lowest BCUT2D eigenvalue weighted by molar-refractivity contribution is -0.138. The van der Waals surface area contributed by atoms with Crippen LogP contribution in [0.15, 0.2) is 24.3 Å². The number of benzene rings is 1. The van der Waals surface area contributed by atoms with E-state index < -0.39 is 17.5 Å². The van der Waals surface area contributed by atoms with Gasteiger partial charge in [-0.25, -0.2) is 9.18 Å². The van der Waals surface area contributed by atoms with E-state index in [-0.39, 0.29) is 18.3 Å². The monoisotopic (exact) mass is 282 g/mol. The Bertz CT molecular complexity index is 486. The van der Waals surface area contributed by atoms with E-state index in [1.807, 2.05) is 0 Å². The number of rotatable bonds is 5. The van der Waals surface area contributed by atoms with Gasteiger partial charge in [-0.05, 0) is 38.5 Å². The van der Waals surface area contributed by atoms with E-state index in [0.717, 1.165) is 5.56 Å². The Balaban J connectivity index is 2.57. The molecule has 0 aliphatic rings. The number of hydrogen-bond donors (Lipinski definition) is 3. The van der Waals surface area contributed by atoms with E-state index in [4.69, 9.17) is 5.11 Å². The maximum atomic E-state index is 12.8. The van der Waals surface area contributed by atoms with Crippen molar-refractivity contribution in [2.45, 2.75) is 38.8 Å². The van der Waals surface area contributed by atoms with Crippen molar-refractivity contribution in [3.63, 3.8) is 0 Å². The van der Waals surface area contributed by atoms with Gasteiger partial charge in [0.2, 0.25) is 0 Å². The molecule has 1 unspecified atom stereocenters. The average Bonchev–Trinajstić information content (AvgIpc) is 2.26. The molecule has 1 rings (SSSR count). The lowest BCUT2D eigenvalue weighted by atomic mass is 10.0. The fourth-order valence-corrected chi connectivity index (χ4v) is 1.80. The molecule has 0 bridgehead atoms. The summed E-state index contributed by atoms with van der Waals surface area (Å²) in [4.78, 5) is 22.5. The molecule has 1 aromatic carbocycles. The first-order valence-electron chi connectivity index (χ1n) is 6.25. The van der Waals surface area contributed by atoms with E-state index in [1.165, 1.54) is 12.1 Å². The van der Waals surface area contributed by atoms with Gasteiger partial charge in [0.05, 0.1) is 12.5 Å². The Hall–Kier alpha value is -2.11. The normalized spacial score (nSPS) is 12.6. The predicted octanol–water partition coefficient (Wildman–Crippen LogP) is 2.44. The van der Waals surface area contributed by atoms with Crippen molar-refractivity contribution >= 4 is 12.0 Å². The van der Waals surface area contributed by atoms with Crippen molar-refractivity contribution in [1.82, 2.24) is 10.6 Å². The number of carboxylic acid groups (broad SMARTS) is 1. The van der Waals surface area contributed by atoms with E-state index in [1.54, 1.807) is 32.9 Å². The quantitative estimate of drug-likeness (QED) is 0.776. The number of carboxylic acids is 1. The third-order valence-electron chi connectivity index (χ3n) is 2.76. The van der Waals surface area contributed by atoms with Crippen molar-refractivity contribution < 1.29 is 19.1 Å². The van der Waals surface area contributed by atoms with Crippen molar-refractivity contribution in [3.05, 3.63) is 35.6 Å². The maximum absolute atomic E-state index is 12.8. The zero-order chi connectivity index (χ0) is 15.3. The SMILES string of the molecule is CC(NC(=O)NC(C)(C)CC(=O)O)c1ccc(F)cc1. The second kappa shape index (κ2) is 6.36. The highest BCUT2D eigenvalue weighted by molar-refractivity contribution is 5.77. The van der Waals surface area contributed by atoms with Crippen molar-refractivity contribution in [3.8, 4) is 0 Å². The van der Waals surface area contributed by atoms with E-state index >= 15 is 0 Å². The molecule has 5 nitrogen and oxygen atoms in total. The number of halogens is 1. The van der Waals surface area contributed by atoms with Crippen LogP contribution in [0.1, 0.15) is 38.8 Å². The highest BCUT2D eigenvalue weighted by atomic mass is 19.1. The summed E-state index contributed by atoms with van der Waals surface area (Å²) >= 11 is 0. The smallest absolute Gasteiger partial charge is 0.315 e. The van der Waals surface area contributed by atoms with Crippen molar-refractivity contribution in [2.75, 3.05) is 0 Å². The van der Waals surface area contributed by atoms with Crippen LogP contribution >= 0.6 is 0 Å². The minimum atomic E-state index is -0.984. The van der Waals surface area contributed by atoms with Gasteiger partial charge in [0.15, 0.2) is 0 Å². The van der Waals surface area contributed by atoms with Gasteiger partial charge >= 0.3 is 12.0 Å². The molecule has 6 heteroatoms. The summed E-state index contributed by atoms with van der Waals surface area (Å²) in [5, 5.41) is 14.0. The largest absolute Gasteiger partial charge is 0.481 e. The first-order valence-corrected chi connectivity index (χ1v) is 6.25. The molecule has 20 heavy (non-hydrogen) atoms. The van der Waals surface area contributed by atoms with Gasteiger partial charge in [-0.2, -0.15) is 0 Å². The van der Waals surface area contributed by atoms with E-state index in [9.17, 15) is 14.0 Å². The third-order valence-corrected chi connectivity index (χ3v) is 2.76. The fraction of sp³-hybridized carbons (Fsp3) is 0.429. The summed E-state index contributed by atoms with van der Waals surface area (Å²) in [6.45, 7) is 5.02. The number of nitrogens with one attached hydrogen (secondary N) is 2. The van der Waals surface area contributed by atoms with Gasteiger partial charge < -0.3 is 15.7 Å². The van der Waals surface area contributed by atoms with Crippen molar-refractivity contribution in [1.29, 1.82) is 0 Å². The molecule has 0 aliphatic carbocycles. The van der Waals surface area contributed by atoms with E-state index in [0.29, 0.717) is 0 Å². The van der Waals surface area contributed by atoms with Crippen LogP contribution in [-0.2, 0) is 4.79 Å². The molecule has 0 saturated carbocycles. The summed E-state index contributed by atoms with van der Waals surface area (Å²) in [6, 6.07) is 5.04. The van der Waals surface area contributed by atoms with Crippen LogP contribution in [0.25, 0.3) is 0 Å². The Kier molecular flexibility index (Phi) is 5.07. The average molecular weight is 282 g/mol. The van der Waals surface area contributed by atoms with Crippen LogP contribution in [0.3, 0.4) is 0 Å². The first-order chi connectivity index (χ1) is 9.19. The predicted molar refractivity (Wildman–Crippen MR) is 72.8 cm³/mol. The van der Waals surface area contributed by atoms with Crippen LogP contribution in [0.4, 0.5) is 9.18 Å². The molecular weight excluding hydrogens is 263 g/mol. The molecule has 1 aromatic rings. The number of hydrogen-bond acceptors (Lipinski definition) is 2. The van der Waals surface area contributed by atoms with Gasteiger partial charge in [0.25, 0.3) is 0 Å². The molecular formula is C14H19FN2O3. The highest BCUT2D eigenvalue weighted by Gasteiger charge is 2.24. The van der Waals surface area contributed by atoms with Crippen LogP contribution in [0.2, 0.25) is 0 Å². The second-order valence-corrected chi connectivity index (χ2v) is 5.33. The van der Waals surface area contributed by atoms with Crippen LogP contribution < -0.4 is 10.6 Å². The lowest BCUT2D eigenvalue weighted by Gasteiger charge is -2.25. The zero-order valence-corrected chi connectivity index (χ0v) is 11.7. The fourth-order valence-electron chi connectivity index (χ4n) is 1.80. The van der Waals surface area contributed by atoms with E-state index in [2.05, 4.69) is 10.6 Å². The van der Waals surface area contributed by atoms with Gasteiger partial charge in [-0.3, -0.25) is 4.79 Å². The summed E-state index contributed by atoms with van der Waals surface area (Å²) in [6.07, 6.45) is -0.175. The van der Waals surface area contributed by atoms with Crippen LogP contribution in [-0.4, -0.2) is 22.6 Å². The van der Waals surface area contributed by atoms with Gasteiger partial charge in [-0.1, -0.05) is 12.1 Å². The molecule has 0 heterocycles. The Morgan fingerprint density at radius 2 is 1.85 bits per heavy atom. The molecule has 3 N–H and O–H groups in total. The molecule has 0 aromatic heterocycles. The molecule has 1 atom stereocenters. The molecule has 0 aliphatic heterocycles. The van der Waals surface area contributed by atoms with Gasteiger partial charge in [-0.15, -0.1) is 0 Å². The Morgan fingerprint density at radius 3 is 2.35 bits per heavy atom. The molecule has 0 spiro atoms. The molecule has 2 amide bonds. The van der Waals surface area contributed by atoms with Gasteiger partial charge in [0.1, 0.15) is 5.82 Å². The standard InChI is InChI=1S/C14H19FN2O3/c1-9(10-4-6-11(15)7-5-10)16-13(20)17-14(2,3)8-12(18)19/h4-7,9H,8H2,1-3H3,(H,18,19)(H2,16,17,20). The summed E-state index contributed by atoms with van der Waals surface area (Å²) in [5.74, 6) is -1.32. The topological polar surface area (TPSA) is 78.4 Å². The second-order valence-electron chi connectivity index (χ2n) is 5.33. The molecule has 0 radical (unpaired) electrons. The Morgan fingerprint density at radius 1 is 1.30 bits per heavy atom. The Labute approximate surface area is 117 Å².